The maximum absolute atomic E-state index is 12.2. The van der Waals surface area contributed by atoms with Crippen LogP contribution in [0.2, 0.25) is 5.02 Å². The van der Waals surface area contributed by atoms with Gasteiger partial charge in [-0.3, -0.25) is 4.79 Å². The van der Waals surface area contributed by atoms with Crippen LogP contribution in [0.3, 0.4) is 0 Å². The van der Waals surface area contributed by atoms with Crippen LogP contribution in [-0.2, 0) is 4.79 Å². The zero-order valence-electron chi connectivity index (χ0n) is 11.1. The van der Waals surface area contributed by atoms with Gasteiger partial charge in [0.05, 0.1) is 12.1 Å². The largest absolute Gasteiger partial charge is 0.338 e. The predicted octanol–water partition coefficient (Wildman–Crippen LogP) is 3.41. The molecule has 0 spiro atoms. The van der Waals surface area contributed by atoms with Crippen LogP contribution in [0.15, 0.2) is 24.3 Å². The van der Waals surface area contributed by atoms with Gasteiger partial charge < -0.3 is 4.90 Å². The van der Waals surface area contributed by atoms with E-state index < -0.39 is 5.41 Å². The zero-order valence-corrected chi connectivity index (χ0v) is 11.8. The fourth-order valence-electron chi connectivity index (χ4n) is 1.65. The molecule has 1 rings (SSSR count). The monoisotopic (exact) mass is 264 g/mol. The molecule has 1 aromatic carbocycles. The van der Waals surface area contributed by atoms with Crippen molar-refractivity contribution in [2.24, 2.45) is 5.41 Å². The predicted molar refractivity (Wildman–Crippen MR) is 72.0 cm³/mol. The normalized spacial score (nSPS) is 12.7. The summed E-state index contributed by atoms with van der Waals surface area (Å²) in [5.41, 5.74) is -0.0613. The first-order valence-corrected chi connectivity index (χ1v) is 6.11. The van der Waals surface area contributed by atoms with Gasteiger partial charge in [-0.1, -0.05) is 23.7 Å². The van der Waals surface area contributed by atoms with E-state index in [-0.39, 0.29) is 11.9 Å². The van der Waals surface area contributed by atoms with Crippen molar-refractivity contribution in [2.45, 2.75) is 26.8 Å². The standard InChI is InChI=1S/C14H17ClN2O/c1-10(11-6-5-7-12(15)8-11)17(4)13(18)14(2,3)9-16/h5-8,10H,1-4H3. The van der Waals surface area contributed by atoms with E-state index >= 15 is 0 Å². The molecule has 18 heavy (non-hydrogen) atoms. The van der Waals surface area contributed by atoms with Gasteiger partial charge in [-0.05, 0) is 38.5 Å². The zero-order chi connectivity index (χ0) is 13.9. The lowest BCUT2D eigenvalue weighted by atomic mass is 9.93. The highest BCUT2D eigenvalue weighted by atomic mass is 35.5. The molecule has 0 saturated carbocycles. The molecule has 3 nitrogen and oxygen atoms in total. The Morgan fingerprint density at radius 2 is 2.11 bits per heavy atom. The van der Waals surface area contributed by atoms with Crippen LogP contribution in [0.25, 0.3) is 0 Å². The molecule has 0 fully saturated rings. The lowest BCUT2D eigenvalue weighted by molar-refractivity contribution is -0.138. The van der Waals surface area contributed by atoms with Gasteiger partial charge in [-0.2, -0.15) is 5.26 Å². The van der Waals surface area contributed by atoms with Gasteiger partial charge >= 0.3 is 0 Å². The third-order valence-corrected chi connectivity index (χ3v) is 3.28. The van der Waals surface area contributed by atoms with E-state index in [2.05, 4.69) is 0 Å². The Morgan fingerprint density at radius 3 is 2.61 bits per heavy atom. The molecule has 0 heterocycles. The van der Waals surface area contributed by atoms with Crippen molar-refractivity contribution in [1.29, 1.82) is 5.26 Å². The van der Waals surface area contributed by atoms with E-state index in [0.717, 1.165) is 5.56 Å². The van der Waals surface area contributed by atoms with Crippen molar-refractivity contribution >= 4 is 17.5 Å². The first-order valence-electron chi connectivity index (χ1n) is 5.73. The number of nitrogens with zero attached hydrogens (tertiary/aromatic N) is 2. The molecule has 4 heteroatoms. The number of benzene rings is 1. The first-order chi connectivity index (χ1) is 8.29. The molecule has 0 saturated heterocycles. The number of carbonyl (C=O) groups is 1. The highest BCUT2D eigenvalue weighted by molar-refractivity contribution is 6.30. The van der Waals surface area contributed by atoms with Crippen LogP contribution in [0.5, 0.6) is 0 Å². The Kier molecular flexibility index (Phi) is 4.37. The number of nitriles is 1. The molecule has 96 valence electrons. The SMILES string of the molecule is CC(c1cccc(Cl)c1)N(C)C(=O)C(C)(C)C#N. The Morgan fingerprint density at radius 1 is 1.50 bits per heavy atom. The van der Waals surface area contributed by atoms with Gasteiger partial charge in [0.2, 0.25) is 5.91 Å². The number of hydrogen-bond acceptors (Lipinski definition) is 2. The summed E-state index contributed by atoms with van der Waals surface area (Å²) in [6.07, 6.45) is 0. The molecule has 1 atom stereocenters. The topological polar surface area (TPSA) is 44.1 Å². The van der Waals surface area contributed by atoms with Crippen LogP contribution in [-0.4, -0.2) is 17.9 Å². The second kappa shape index (κ2) is 5.41. The van der Waals surface area contributed by atoms with Crippen LogP contribution >= 0.6 is 11.6 Å². The molecule has 0 N–H and O–H groups in total. The molecular formula is C14H17ClN2O. The van der Waals surface area contributed by atoms with Crippen LogP contribution in [0.1, 0.15) is 32.4 Å². The van der Waals surface area contributed by atoms with Crippen LogP contribution in [0.4, 0.5) is 0 Å². The van der Waals surface area contributed by atoms with Crippen molar-refractivity contribution in [2.75, 3.05) is 7.05 Å². The van der Waals surface area contributed by atoms with Gasteiger partial charge in [0.25, 0.3) is 0 Å². The van der Waals surface area contributed by atoms with Crippen LogP contribution < -0.4 is 0 Å². The highest BCUT2D eigenvalue weighted by Crippen LogP contribution is 2.26. The Balaban J connectivity index is 2.95. The van der Waals surface area contributed by atoms with Gasteiger partial charge in [0.1, 0.15) is 5.41 Å². The lowest BCUT2D eigenvalue weighted by Gasteiger charge is -2.30. The van der Waals surface area contributed by atoms with E-state index in [4.69, 9.17) is 16.9 Å². The van der Waals surface area contributed by atoms with Crippen molar-refractivity contribution in [3.63, 3.8) is 0 Å². The summed E-state index contributed by atoms with van der Waals surface area (Å²) < 4.78 is 0. The number of amides is 1. The van der Waals surface area contributed by atoms with Crippen LogP contribution in [0, 0.1) is 16.7 Å². The second-order valence-corrected chi connectivity index (χ2v) is 5.32. The molecule has 1 aromatic rings. The fraction of sp³-hybridized carbons (Fsp3) is 0.429. The smallest absolute Gasteiger partial charge is 0.242 e. The summed E-state index contributed by atoms with van der Waals surface area (Å²) in [6, 6.07) is 9.29. The van der Waals surface area contributed by atoms with E-state index in [1.54, 1.807) is 31.9 Å². The van der Waals surface area contributed by atoms with Gasteiger partial charge in [-0.15, -0.1) is 0 Å². The average Bonchev–Trinajstić information content (AvgIpc) is 2.36. The van der Waals surface area contributed by atoms with E-state index in [0.29, 0.717) is 5.02 Å². The summed E-state index contributed by atoms with van der Waals surface area (Å²) in [5, 5.41) is 9.63. The minimum absolute atomic E-state index is 0.121. The Labute approximate surface area is 113 Å². The highest BCUT2D eigenvalue weighted by Gasteiger charge is 2.32. The maximum atomic E-state index is 12.2. The molecule has 1 unspecified atom stereocenters. The maximum Gasteiger partial charge on any atom is 0.242 e. The van der Waals surface area contributed by atoms with E-state index in [9.17, 15) is 4.79 Å². The molecule has 0 radical (unpaired) electrons. The number of hydrogen-bond donors (Lipinski definition) is 0. The first kappa shape index (κ1) is 14.5. The third kappa shape index (κ3) is 3.02. The number of halogens is 1. The van der Waals surface area contributed by atoms with Crippen molar-refractivity contribution in [1.82, 2.24) is 4.90 Å². The summed E-state index contributed by atoms with van der Waals surface area (Å²) in [7, 11) is 1.70. The fourth-order valence-corrected chi connectivity index (χ4v) is 1.85. The van der Waals surface area contributed by atoms with E-state index in [1.807, 2.05) is 31.2 Å². The Hall–Kier alpha value is -1.53. The molecule has 0 bridgehead atoms. The van der Waals surface area contributed by atoms with Crippen molar-refractivity contribution < 1.29 is 4.79 Å². The second-order valence-electron chi connectivity index (χ2n) is 4.88. The number of carbonyl (C=O) groups excluding carboxylic acids is 1. The van der Waals surface area contributed by atoms with Crippen molar-refractivity contribution in [3.8, 4) is 6.07 Å². The summed E-state index contributed by atoms with van der Waals surface area (Å²) in [5.74, 6) is -0.197. The molecule has 0 aliphatic rings. The average molecular weight is 265 g/mol. The third-order valence-electron chi connectivity index (χ3n) is 3.05. The van der Waals surface area contributed by atoms with Crippen molar-refractivity contribution in [3.05, 3.63) is 34.9 Å². The molecule has 1 amide bonds. The van der Waals surface area contributed by atoms with E-state index in [1.165, 1.54) is 0 Å². The summed E-state index contributed by atoms with van der Waals surface area (Å²) in [6.45, 7) is 5.16. The quantitative estimate of drug-likeness (QED) is 0.840. The summed E-state index contributed by atoms with van der Waals surface area (Å²) >= 11 is 5.93. The molecular weight excluding hydrogens is 248 g/mol. The molecule has 0 aromatic heterocycles. The lowest BCUT2D eigenvalue weighted by Crippen LogP contribution is -2.39. The number of rotatable bonds is 3. The Bertz CT molecular complexity index is 491. The minimum atomic E-state index is -1.01. The minimum Gasteiger partial charge on any atom is -0.338 e. The van der Waals surface area contributed by atoms with Gasteiger partial charge in [-0.25, -0.2) is 0 Å². The molecule has 0 aliphatic carbocycles. The van der Waals surface area contributed by atoms with Gasteiger partial charge in [0, 0.05) is 12.1 Å². The molecule has 0 aliphatic heterocycles. The summed E-state index contributed by atoms with van der Waals surface area (Å²) in [4.78, 5) is 13.7. The van der Waals surface area contributed by atoms with Gasteiger partial charge in [0.15, 0.2) is 0 Å².